The van der Waals surface area contributed by atoms with Crippen molar-refractivity contribution in [2.75, 3.05) is 0 Å². The van der Waals surface area contributed by atoms with Crippen molar-refractivity contribution in [3.05, 3.63) is 188 Å². The number of para-hydroxylation sites is 2. The Morgan fingerprint density at radius 2 is 0.836 bits per heavy atom. The quantitative estimate of drug-likeness (QED) is 0.173. The van der Waals surface area contributed by atoms with Crippen LogP contribution in [0.1, 0.15) is 0 Å². The van der Waals surface area contributed by atoms with E-state index in [1.807, 2.05) is 60.7 Å². The predicted molar refractivity (Wildman–Crippen MR) is 246 cm³/mol. The second kappa shape index (κ2) is 13.1. The van der Waals surface area contributed by atoms with Crippen LogP contribution in [0, 0.1) is 0 Å². The van der Waals surface area contributed by atoms with E-state index in [0.29, 0.717) is 17.5 Å². The van der Waals surface area contributed by atoms with Crippen molar-refractivity contribution in [3.8, 4) is 56.4 Å². The molecule has 0 saturated heterocycles. The van der Waals surface area contributed by atoms with Gasteiger partial charge in [0.05, 0.1) is 0 Å². The lowest BCUT2D eigenvalue weighted by atomic mass is 9.91. The number of furan rings is 3. The van der Waals surface area contributed by atoms with Gasteiger partial charge in [0, 0.05) is 54.4 Å². The van der Waals surface area contributed by atoms with Gasteiger partial charge in [-0.3, -0.25) is 0 Å². The first-order valence-corrected chi connectivity index (χ1v) is 20.3. The van der Waals surface area contributed by atoms with Gasteiger partial charge in [-0.1, -0.05) is 146 Å². The number of hydrogen-bond donors (Lipinski definition) is 0. The summed E-state index contributed by atoms with van der Waals surface area (Å²) >= 11 is 0. The van der Waals surface area contributed by atoms with Crippen molar-refractivity contribution in [2.24, 2.45) is 0 Å². The molecule has 9 aromatic carbocycles. The average Bonchev–Trinajstić information content (AvgIpc) is 4.03. The van der Waals surface area contributed by atoms with Crippen LogP contribution >= 0.6 is 0 Å². The van der Waals surface area contributed by atoms with E-state index in [-0.39, 0.29) is 0 Å². The van der Waals surface area contributed by atoms with E-state index in [9.17, 15) is 0 Å². The second-order valence-corrected chi connectivity index (χ2v) is 15.4. The molecule has 0 N–H and O–H groups in total. The standard InChI is InChI=1S/C55H31N3O3/c1-2-12-32(13-3-1)33-24-26-35(27-25-33)53-56-54(42-19-11-22-45-49(42)39-16-6-8-20-43(39)59-45)58-55(57-53)51-38(30-31-47-50(51)40-17-7-9-21-44(40)60-47)37-18-10-23-46-48(37)41-29-28-34-14-4-5-15-36(34)52(41)61-46/h1-31H. The zero-order chi connectivity index (χ0) is 40.0. The molecule has 4 heterocycles. The fourth-order valence-corrected chi connectivity index (χ4v) is 9.19. The van der Waals surface area contributed by atoms with Gasteiger partial charge in [-0.2, -0.15) is 0 Å². The first kappa shape index (κ1) is 33.6. The summed E-state index contributed by atoms with van der Waals surface area (Å²) in [6.45, 7) is 0. The monoisotopic (exact) mass is 781 g/mol. The lowest BCUT2D eigenvalue weighted by Crippen LogP contribution is -2.02. The molecule has 0 atom stereocenters. The van der Waals surface area contributed by atoms with Crippen LogP contribution in [0.4, 0.5) is 0 Å². The molecule has 6 heteroatoms. The number of aromatic nitrogens is 3. The Bertz CT molecular complexity index is 3880. The summed E-state index contributed by atoms with van der Waals surface area (Å²) in [6, 6.07) is 64.4. The molecule has 0 aliphatic carbocycles. The van der Waals surface area contributed by atoms with E-state index in [1.165, 1.54) is 0 Å². The van der Waals surface area contributed by atoms with Crippen LogP contribution in [-0.2, 0) is 0 Å². The molecule has 13 rings (SSSR count). The summed E-state index contributed by atoms with van der Waals surface area (Å²) in [5.74, 6) is 1.62. The maximum atomic E-state index is 6.71. The third-order valence-corrected chi connectivity index (χ3v) is 12.0. The van der Waals surface area contributed by atoms with Crippen LogP contribution in [0.25, 0.3) is 133 Å². The fraction of sp³-hybridized carbons (Fsp3) is 0. The predicted octanol–water partition coefficient (Wildman–Crippen LogP) is 15.1. The Morgan fingerprint density at radius 3 is 1.62 bits per heavy atom. The number of hydrogen-bond acceptors (Lipinski definition) is 6. The lowest BCUT2D eigenvalue weighted by molar-refractivity contribution is 0.668. The number of benzene rings is 9. The molecule has 284 valence electrons. The summed E-state index contributed by atoms with van der Waals surface area (Å²) in [7, 11) is 0. The molecule has 13 aromatic rings. The summed E-state index contributed by atoms with van der Waals surface area (Å²) < 4.78 is 19.7. The van der Waals surface area contributed by atoms with Crippen molar-refractivity contribution in [3.63, 3.8) is 0 Å². The molecule has 0 bridgehead atoms. The smallest absolute Gasteiger partial charge is 0.165 e. The van der Waals surface area contributed by atoms with Crippen molar-refractivity contribution < 1.29 is 13.3 Å². The zero-order valence-corrected chi connectivity index (χ0v) is 32.5. The van der Waals surface area contributed by atoms with Gasteiger partial charge < -0.3 is 13.3 Å². The third kappa shape index (κ3) is 5.19. The highest BCUT2D eigenvalue weighted by Crippen LogP contribution is 2.47. The zero-order valence-electron chi connectivity index (χ0n) is 32.5. The van der Waals surface area contributed by atoms with E-state index in [2.05, 4.69) is 127 Å². The highest BCUT2D eigenvalue weighted by atomic mass is 16.3. The molecule has 6 nitrogen and oxygen atoms in total. The van der Waals surface area contributed by atoms with Gasteiger partial charge in [-0.05, 0) is 70.1 Å². The summed E-state index contributed by atoms with van der Waals surface area (Å²) in [4.78, 5) is 16.2. The SMILES string of the molecule is c1ccc(-c2ccc(-c3nc(-c4cccc5oc6ccccc6c45)nc(-c4c(-c5cccc6oc7c8ccccc8ccc7c56)ccc5oc6ccccc6c45)n3)cc2)cc1. The van der Waals surface area contributed by atoms with Crippen molar-refractivity contribution in [1.29, 1.82) is 0 Å². The normalized spacial score (nSPS) is 11.9. The Hall–Kier alpha value is -8.35. The Labute approximate surface area is 348 Å². The van der Waals surface area contributed by atoms with E-state index in [0.717, 1.165) is 116 Å². The highest BCUT2D eigenvalue weighted by molar-refractivity contribution is 6.22. The van der Waals surface area contributed by atoms with Crippen LogP contribution in [0.5, 0.6) is 0 Å². The molecule has 0 radical (unpaired) electrons. The first-order chi connectivity index (χ1) is 30.2. The molecule has 0 saturated carbocycles. The van der Waals surface area contributed by atoms with Crippen LogP contribution in [0.3, 0.4) is 0 Å². The van der Waals surface area contributed by atoms with Gasteiger partial charge in [0.15, 0.2) is 17.5 Å². The molecule has 0 unspecified atom stereocenters. The molecular formula is C55H31N3O3. The van der Waals surface area contributed by atoms with Crippen molar-refractivity contribution in [1.82, 2.24) is 15.0 Å². The van der Waals surface area contributed by atoms with Gasteiger partial charge in [0.1, 0.15) is 33.5 Å². The maximum absolute atomic E-state index is 6.71. The molecule has 61 heavy (non-hydrogen) atoms. The number of fused-ring (bicyclic) bond motifs is 11. The van der Waals surface area contributed by atoms with Crippen molar-refractivity contribution >= 4 is 76.6 Å². The minimum atomic E-state index is 0.527. The minimum Gasteiger partial charge on any atom is -0.456 e. The Balaban J connectivity index is 1.13. The Kier molecular flexibility index (Phi) is 7.21. The van der Waals surface area contributed by atoms with Gasteiger partial charge in [0.25, 0.3) is 0 Å². The van der Waals surface area contributed by atoms with Crippen LogP contribution in [0.2, 0.25) is 0 Å². The van der Waals surface area contributed by atoms with Crippen LogP contribution in [-0.4, -0.2) is 15.0 Å². The van der Waals surface area contributed by atoms with Crippen molar-refractivity contribution in [2.45, 2.75) is 0 Å². The van der Waals surface area contributed by atoms with Gasteiger partial charge in [-0.15, -0.1) is 0 Å². The third-order valence-electron chi connectivity index (χ3n) is 12.0. The second-order valence-electron chi connectivity index (χ2n) is 15.4. The molecule has 0 fully saturated rings. The Morgan fingerprint density at radius 1 is 0.279 bits per heavy atom. The van der Waals surface area contributed by atoms with Gasteiger partial charge in [0.2, 0.25) is 0 Å². The van der Waals surface area contributed by atoms with Gasteiger partial charge in [-0.25, -0.2) is 15.0 Å². The van der Waals surface area contributed by atoms with E-state index in [1.54, 1.807) is 0 Å². The molecule has 0 spiro atoms. The van der Waals surface area contributed by atoms with E-state index >= 15 is 0 Å². The largest absolute Gasteiger partial charge is 0.456 e. The lowest BCUT2D eigenvalue weighted by Gasteiger charge is -2.14. The molecular weight excluding hydrogens is 751 g/mol. The molecule has 4 aromatic heterocycles. The highest BCUT2D eigenvalue weighted by Gasteiger charge is 2.25. The van der Waals surface area contributed by atoms with Gasteiger partial charge >= 0.3 is 0 Å². The van der Waals surface area contributed by atoms with E-state index < -0.39 is 0 Å². The molecule has 0 amide bonds. The first-order valence-electron chi connectivity index (χ1n) is 20.3. The van der Waals surface area contributed by atoms with Crippen LogP contribution in [0.15, 0.2) is 201 Å². The number of nitrogens with zero attached hydrogens (tertiary/aromatic N) is 3. The maximum Gasteiger partial charge on any atom is 0.165 e. The summed E-state index contributed by atoms with van der Waals surface area (Å²) in [5.41, 5.74) is 11.6. The average molecular weight is 782 g/mol. The number of rotatable bonds is 5. The molecule has 0 aliphatic heterocycles. The topological polar surface area (TPSA) is 78.1 Å². The summed E-state index contributed by atoms with van der Waals surface area (Å²) in [6.07, 6.45) is 0. The van der Waals surface area contributed by atoms with Crippen LogP contribution < -0.4 is 0 Å². The summed E-state index contributed by atoms with van der Waals surface area (Å²) in [5, 5.41) is 8.13. The fourth-order valence-electron chi connectivity index (χ4n) is 9.19. The van der Waals surface area contributed by atoms with E-state index in [4.69, 9.17) is 28.2 Å². The minimum absolute atomic E-state index is 0.527. The molecule has 0 aliphatic rings.